The number of ketones is 2. The molecule has 0 aliphatic heterocycles. The van der Waals surface area contributed by atoms with Crippen molar-refractivity contribution in [3.05, 3.63) is 65.5 Å². The maximum Gasteiger partial charge on any atom is 0.306 e. The zero-order valence-corrected chi connectivity index (χ0v) is 21.0. The van der Waals surface area contributed by atoms with Crippen LogP contribution >= 0.6 is 11.8 Å². The summed E-state index contributed by atoms with van der Waals surface area (Å²) in [5, 5.41) is 3.19. The molecule has 7 nitrogen and oxygen atoms in total. The molecule has 35 heavy (non-hydrogen) atoms. The minimum absolute atomic E-state index is 0.128. The number of carbonyl (C=O) groups excluding carboxylic acids is 4. The summed E-state index contributed by atoms with van der Waals surface area (Å²) in [7, 11) is 0. The molecule has 1 aromatic carbocycles. The Morgan fingerprint density at radius 2 is 1.89 bits per heavy atom. The van der Waals surface area contributed by atoms with Crippen LogP contribution in [0.15, 0.2) is 48.7 Å². The van der Waals surface area contributed by atoms with Crippen molar-refractivity contribution in [1.82, 2.24) is 10.3 Å². The van der Waals surface area contributed by atoms with Crippen LogP contribution in [0.5, 0.6) is 0 Å². The van der Waals surface area contributed by atoms with Crippen molar-refractivity contribution in [2.24, 2.45) is 5.92 Å². The highest BCUT2D eigenvalue weighted by Crippen LogP contribution is 2.30. The third-order valence-corrected chi connectivity index (χ3v) is 7.22. The molecule has 3 rings (SSSR count). The van der Waals surface area contributed by atoms with Crippen LogP contribution < -0.4 is 5.32 Å². The minimum Gasteiger partial charge on any atom is -0.446 e. The van der Waals surface area contributed by atoms with Crippen LogP contribution in [0.3, 0.4) is 0 Å². The SMILES string of the molecule is CC1CC(=O)C(OC(=O)CCCCCNC(=O)c2ccc(C(C)SCc3ccccn3)cc2)C1=O. The molecule has 1 heterocycles. The second-order valence-corrected chi connectivity index (χ2v) is 10.1. The normalized spacial score (nSPS) is 18.3. The van der Waals surface area contributed by atoms with Gasteiger partial charge in [0, 0.05) is 48.1 Å². The molecule has 1 saturated carbocycles. The molecule has 2 aromatic rings. The molecule has 8 heteroatoms. The Morgan fingerprint density at radius 1 is 1.11 bits per heavy atom. The largest absolute Gasteiger partial charge is 0.446 e. The van der Waals surface area contributed by atoms with Crippen LogP contribution in [0.1, 0.15) is 72.8 Å². The van der Waals surface area contributed by atoms with Gasteiger partial charge in [0.2, 0.25) is 6.10 Å². The number of amides is 1. The lowest BCUT2D eigenvalue weighted by Gasteiger charge is -2.12. The molecule has 0 spiro atoms. The zero-order chi connectivity index (χ0) is 25.2. The van der Waals surface area contributed by atoms with Crippen LogP contribution in [0.2, 0.25) is 0 Å². The van der Waals surface area contributed by atoms with E-state index in [1.54, 1.807) is 24.9 Å². The van der Waals surface area contributed by atoms with Crippen LogP contribution in [0, 0.1) is 5.92 Å². The van der Waals surface area contributed by atoms with E-state index >= 15 is 0 Å². The van der Waals surface area contributed by atoms with Gasteiger partial charge in [-0.2, -0.15) is 0 Å². The number of hydrogen-bond acceptors (Lipinski definition) is 7. The molecule has 0 bridgehead atoms. The fourth-order valence-electron chi connectivity index (χ4n) is 3.81. The molecule has 0 radical (unpaired) electrons. The second-order valence-electron chi connectivity index (χ2n) is 8.81. The van der Waals surface area contributed by atoms with Gasteiger partial charge in [-0.25, -0.2) is 0 Å². The predicted octanol–water partition coefficient (Wildman–Crippen LogP) is 4.46. The van der Waals surface area contributed by atoms with Crippen LogP contribution in [0.4, 0.5) is 0 Å². The lowest BCUT2D eigenvalue weighted by atomic mass is 10.1. The Morgan fingerprint density at radius 3 is 2.54 bits per heavy atom. The molecule has 1 aromatic heterocycles. The van der Waals surface area contributed by atoms with Crippen molar-refractivity contribution in [3.8, 4) is 0 Å². The number of Topliss-reactive ketones (excluding diaryl/α,β-unsaturated/α-hetero) is 2. The number of thioether (sulfide) groups is 1. The highest BCUT2D eigenvalue weighted by molar-refractivity contribution is 7.98. The Bertz CT molecular complexity index is 1030. The number of hydrogen-bond donors (Lipinski definition) is 1. The number of ether oxygens (including phenoxy) is 1. The van der Waals surface area contributed by atoms with Gasteiger partial charge in [0.25, 0.3) is 5.91 Å². The zero-order valence-electron chi connectivity index (χ0n) is 20.2. The fraction of sp³-hybridized carbons (Fsp3) is 0.444. The summed E-state index contributed by atoms with van der Waals surface area (Å²) in [5.41, 5.74) is 2.81. The van der Waals surface area contributed by atoms with Gasteiger partial charge in [-0.3, -0.25) is 24.2 Å². The molecular formula is C27H32N2O5S. The van der Waals surface area contributed by atoms with Crippen molar-refractivity contribution < 1.29 is 23.9 Å². The van der Waals surface area contributed by atoms with E-state index in [0.717, 1.165) is 29.9 Å². The number of benzene rings is 1. The van der Waals surface area contributed by atoms with Gasteiger partial charge in [-0.15, -0.1) is 11.8 Å². The molecule has 1 fully saturated rings. The highest BCUT2D eigenvalue weighted by atomic mass is 32.2. The number of nitrogens with one attached hydrogen (secondary N) is 1. The quantitative estimate of drug-likeness (QED) is 0.263. The summed E-state index contributed by atoms with van der Waals surface area (Å²) in [6.07, 6.45) is 2.89. The average Bonchev–Trinajstić information content (AvgIpc) is 3.11. The number of aromatic nitrogens is 1. The fourth-order valence-corrected chi connectivity index (χ4v) is 4.75. The topological polar surface area (TPSA) is 102 Å². The number of unbranched alkanes of at least 4 members (excludes halogenated alkanes) is 2. The molecule has 3 unspecified atom stereocenters. The summed E-state index contributed by atoms with van der Waals surface area (Å²) in [6.45, 7) is 4.31. The van der Waals surface area contributed by atoms with Gasteiger partial charge in [-0.1, -0.05) is 31.5 Å². The number of nitrogens with zero attached hydrogens (tertiary/aromatic N) is 1. The van der Waals surface area contributed by atoms with Gasteiger partial charge in [0.15, 0.2) is 11.6 Å². The Labute approximate surface area is 210 Å². The first kappa shape index (κ1) is 26.6. The Hall–Kier alpha value is -3.00. The van der Waals surface area contributed by atoms with Gasteiger partial charge in [-0.05, 0) is 49.6 Å². The lowest BCUT2D eigenvalue weighted by Crippen LogP contribution is -2.29. The van der Waals surface area contributed by atoms with Crippen molar-refractivity contribution in [2.75, 3.05) is 6.54 Å². The number of carbonyl (C=O) groups is 4. The molecule has 1 aliphatic carbocycles. The van der Waals surface area contributed by atoms with E-state index in [4.69, 9.17) is 4.74 Å². The maximum atomic E-state index is 12.4. The number of rotatable bonds is 12. The average molecular weight is 497 g/mol. The van der Waals surface area contributed by atoms with E-state index in [-0.39, 0.29) is 41.5 Å². The van der Waals surface area contributed by atoms with E-state index in [2.05, 4.69) is 17.2 Å². The maximum absolute atomic E-state index is 12.4. The summed E-state index contributed by atoms with van der Waals surface area (Å²) in [6, 6.07) is 13.5. The van der Waals surface area contributed by atoms with Crippen LogP contribution in [0.25, 0.3) is 0 Å². The molecule has 0 saturated heterocycles. The van der Waals surface area contributed by atoms with E-state index in [1.807, 2.05) is 42.5 Å². The molecular weight excluding hydrogens is 464 g/mol. The second kappa shape index (κ2) is 13.2. The third-order valence-electron chi connectivity index (χ3n) is 5.99. The summed E-state index contributed by atoms with van der Waals surface area (Å²) in [4.78, 5) is 52.2. The van der Waals surface area contributed by atoms with E-state index in [1.165, 1.54) is 0 Å². The number of pyridine rings is 1. The highest BCUT2D eigenvalue weighted by Gasteiger charge is 2.41. The van der Waals surface area contributed by atoms with E-state index < -0.39 is 12.1 Å². The first-order valence-corrected chi connectivity index (χ1v) is 13.1. The lowest BCUT2D eigenvalue weighted by molar-refractivity contribution is -0.157. The summed E-state index contributed by atoms with van der Waals surface area (Å²) < 4.78 is 5.06. The molecule has 186 valence electrons. The van der Waals surface area contributed by atoms with Crippen molar-refractivity contribution in [2.45, 2.75) is 63.1 Å². The molecule has 3 atom stereocenters. The standard InChI is InChI=1S/C27H32N2O5S/c1-18-16-23(30)26(25(18)32)34-24(31)9-4-3-6-15-29-27(33)21-12-10-20(11-13-21)19(2)35-17-22-8-5-7-14-28-22/h5,7-8,10-14,18-19,26H,3-4,6,9,15-17H2,1-2H3,(H,29,33). The molecule has 1 amide bonds. The van der Waals surface area contributed by atoms with Crippen molar-refractivity contribution in [3.63, 3.8) is 0 Å². The van der Waals surface area contributed by atoms with Gasteiger partial charge in [0.1, 0.15) is 0 Å². The first-order valence-electron chi connectivity index (χ1n) is 12.0. The van der Waals surface area contributed by atoms with E-state index in [0.29, 0.717) is 18.5 Å². The summed E-state index contributed by atoms with van der Waals surface area (Å²) >= 11 is 1.80. The monoisotopic (exact) mass is 496 g/mol. The van der Waals surface area contributed by atoms with Gasteiger partial charge < -0.3 is 10.1 Å². The Kier molecular flexibility index (Phi) is 10.0. The van der Waals surface area contributed by atoms with Crippen LogP contribution in [-0.4, -0.2) is 41.1 Å². The number of esters is 1. The molecule has 1 N–H and O–H groups in total. The van der Waals surface area contributed by atoms with Crippen LogP contribution in [-0.2, 0) is 24.9 Å². The predicted molar refractivity (Wildman–Crippen MR) is 135 cm³/mol. The first-order chi connectivity index (χ1) is 16.8. The molecule has 1 aliphatic rings. The smallest absolute Gasteiger partial charge is 0.306 e. The van der Waals surface area contributed by atoms with Gasteiger partial charge >= 0.3 is 5.97 Å². The van der Waals surface area contributed by atoms with E-state index in [9.17, 15) is 19.2 Å². The minimum atomic E-state index is -1.22. The summed E-state index contributed by atoms with van der Waals surface area (Å²) in [5.74, 6) is -0.821. The van der Waals surface area contributed by atoms with Gasteiger partial charge in [0.05, 0.1) is 5.69 Å². The Balaban J connectivity index is 1.30. The third kappa shape index (κ3) is 8.02. The van der Waals surface area contributed by atoms with Crippen molar-refractivity contribution in [1.29, 1.82) is 0 Å². The van der Waals surface area contributed by atoms with Crippen molar-refractivity contribution >= 4 is 35.2 Å².